The van der Waals surface area contributed by atoms with E-state index in [2.05, 4.69) is 0 Å². The van der Waals surface area contributed by atoms with Gasteiger partial charge < -0.3 is 5.73 Å². The Balaban J connectivity index is 2.20. The predicted molar refractivity (Wildman–Crippen MR) is 78.2 cm³/mol. The summed E-state index contributed by atoms with van der Waals surface area (Å²) in [6.07, 6.45) is 0.628. The van der Waals surface area contributed by atoms with Crippen LogP contribution in [0.25, 0.3) is 0 Å². The van der Waals surface area contributed by atoms with E-state index in [4.69, 9.17) is 28.9 Å². The van der Waals surface area contributed by atoms with Crippen molar-refractivity contribution < 1.29 is 4.39 Å². The van der Waals surface area contributed by atoms with Gasteiger partial charge in [-0.25, -0.2) is 4.39 Å². The SMILES string of the molecule is Cc1cc(F)ccc1C(N)Cc1ccc(Cl)c(Cl)c1. The van der Waals surface area contributed by atoms with E-state index in [1.807, 2.05) is 19.1 Å². The Labute approximate surface area is 122 Å². The van der Waals surface area contributed by atoms with Gasteiger partial charge in [0.1, 0.15) is 5.82 Å². The molecule has 0 bridgehead atoms. The highest BCUT2D eigenvalue weighted by atomic mass is 35.5. The molecule has 0 amide bonds. The van der Waals surface area contributed by atoms with Gasteiger partial charge in [-0.2, -0.15) is 0 Å². The van der Waals surface area contributed by atoms with Gasteiger partial charge in [-0.3, -0.25) is 0 Å². The Kier molecular flexibility index (Phi) is 4.46. The number of nitrogens with two attached hydrogens (primary N) is 1. The lowest BCUT2D eigenvalue weighted by Crippen LogP contribution is -2.14. The second-order valence-corrected chi connectivity index (χ2v) is 5.37. The van der Waals surface area contributed by atoms with Crippen molar-refractivity contribution in [3.63, 3.8) is 0 Å². The molecule has 2 N–H and O–H groups in total. The van der Waals surface area contributed by atoms with Crippen LogP contribution in [0.15, 0.2) is 36.4 Å². The van der Waals surface area contributed by atoms with Crippen LogP contribution in [0.2, 0.25) is 10.0 Å². The van der Waals surface area contributed by atoms with Gasteiger partial charge in [0.2, 0.25) is 0 Å². The molecule has 0 aliphatic rings. The number of benzene rings is 2. The minimum absolute atomic E-state index is 0.196. The monoisotopic (exact) mass is 297 g/mol. The lowest BCUT2D eigenvalue weighted by Gasteiger charge is -2.15. The van der Waals surface area contributed by atoms with Crippen molar-refractivity contribution >= 4 is 23.2 Å². The van der Waals surface area contributed by atoms with Gasteiger partial charge in [-0.1, -0.05) is 35.3 Å². The van der Waals surface area contributed by atoms with Crippen LogP contribution in [0.4, 0.5) is 4.39 Å². The summed E-state index contributed by atoms with van der Waals surface area (Å²) in [5, 5.41) is 1.04. The first-order chi connectivity index (χ1) is 8.97. The maximum atomic E-state index is 13.1. The fourth-order valence-electron chi connectivity index (χ4n) is 2.09. The normalized spacial score (nSPS) is 12.5. The molecule has 1 unspecified atom stereocenters. The third-order valence-corrected chi connectivity index (χ3v) is 3.81. The number of hydrogen-bond acceptors (Lipinski definition) is 1. The Morgan fingerprint density at radius 3 is 2.47 bits per heavy atom. The van der Waals surface area contributed by atoms with Crippen LogP contribution in [-0.2, 0) is 6.42 Å². The van der Waals surface area contributed by atoms with Crippen LogP contribution in [0.5, 0.6) is 0 Å². The topological polar surface area (TPSA) is 26.0 Å². The molecule has 100 valence electrons. The van der Waals surface area contributed by atoms with Crippen molar-refractivity contribution in [1.29, 1.82) is 0 Å². The zero-order chi connectivity index (χ0) is 14.0. The summed E-state index contributed by atoms with van der Waals surface area (Å²) in [6.45, 7) is 1.85. The molecule has 4 heteroatoms. The molecule has 19 heavy (non-hydrogen) atoms. The second-order valence-electron chi connectivity index (χ2n) is 4.56. The molecular formula is C15H14Cl2FN. The zero-order valence-electron chi connectivity index (χ0n) is 10.5. The number of hydrogen-bond donors (Lipinski definition) is 1. The lowest BCUT2D eigenvalue weighted by molar-refractivity contribution is 0.622. The molecule has 0 aromatic heterocycles. The first-order valence-electron chi connectivity index (χ1n) is 5.93. The summed E-state index contributed by atoms with van der Waals surface area (Å²) in [5.74, 6) is -0.247. The van der Waals surface area contributed by atoms with Crippen LogP contribution in [-0.4, -0.2) is 0 Å². The Morgan fingerprint density at radius 1 is 1.11 bits per heavy atom. The van der Waals surface area contributed by atoms with Gasteiger partial charge in [0.15, 0.2) is 0 Å². The highest BCUT2D eigenvalue weighted by molar-refractivity contribution is 6.42. The van der Waals surface area contributed by atoms with E-state index in [-0.39, 0.29) is 11.9 Å². The molecule has 2 rings (SSSR count). The molecule has 0 saturated heterocycles. The zero-order valence-corrected chi connectivity index (χ0v) is 12.0. The van der Waals surface area contributed by atoms with E-state index in [0.29, 0.717) is 16.5 Å². The first kappa shape index (κ1) is 14.3. The quantitative estimate of drug-likeness (QED) is 0.874. The van der Waals surface area contributed by atoms with E-state index in [1.165, 1.54) is 12.1 Å². The highest BCUT2D eigenvalue weighted by Gasteiger charge is 2.11. The average Bonchev–Trinajstić information content (AvgIpc) is 2.33. The smallest absolute Gasteiger partial charge is 0.123 e. The Hall–Kier alpha value is -1.09. The van der Waals surface area contributed by atoms with E-state index < -0.39 is 0 Å². The summed E-state index contributed by atoms with van der Waals surface area (Å²) in [6, 6.07) is 9.91. The molecule has 2 aromatic carbocycles. The van der Waals surface area contributed by atoms with Gasteiger partial charge in [-0.15, -0.1) is 0 Å². The van der Waals surface area contributed by atoms with E-state index in [9.17, 15) is 4.39 Å². The summed E-state index contributed by atoms with van der Waals surface area (Å²) in [5.41, 5.74) is 8.96. The molecule has 0 fully saturated rings. The van der Waals surface area contributed by atoms with Crippen molar-refractivity contribution in [3.05, 3.63) is 69.0 Å². The summed E-state index contributed by atoms with van der Waals surface area (Å²) in [4.78, 5) is 0. The summed E-state index contributed by atoms with van der Waals surface area (Å²) >= 11 is 11.8. The summed E-state index contributed by atoms with van der Waals surface area (Å²) in [7, 11) is 0. The van der Waals surface area contributed by atoms with Crippen molar-refractivity contribution in [1.82, 2.24) is 0 Å². The fourth-order valence-corrected chi connectivity index (χ4v) is 2.41. The van der Waals surface area contributed by atoms with Gasteiger partial charge >= 0.3 is 0 Å². The molecule has 0 aliphatic heterocycles. The van der Waals surface area contributed by atoms with Crippen molar-refractivity contribution in [3.8, 4) is 0 Å². The molecule has 0 heterocycles. The van der Waals surface area contributed by atoms with Crippen molar-refractivity contribution in [2.45, 2.75) is 19.4 Å². The van der Waals surface area contributed by atoms with Crippen LogP contribution in [0.3, 0.4) is 0 Å². The molecule has 1 nitrogen and oxygen atoms in total. The molecule has 0 saturated carbocycles. The highest BCUT2D eigenvalue weighted by Crippen LogP contribution is 2.26. The Bertz CT molecular complexity index is 599. The van der Waals surface area contributed by atoms with Crippen molar-refractivity contribution in [2.24, 2.45) is 5.73 Å². The third-order valence-electron chi connectivity index (χ3n) is 3.07. The van der Waals surface area contributed by atoms with Crippen LogP contribution in [0.1, 0.15) is 22.7 Å². The first-order valence-corrected chi connectivity index (χ1v) is 6.68. The molecule has 2 aromatic rings. The van der Waals surface area contributed by atoms with Crippen LogP contribution < -0.4 is 5.73 Å². The standard InChI is InChI=1S/C15H14Cl2FN/c1-9-6-11(18)3-4-12(9)15(19)8-10-2-5-13(16)14(17)7-10/h2-7,15H,8,19H2,1H3. The van der Waals surface area contributed by atoms with E-state index >= 15 is 0 Å². The number of rotatable bonds is 3. The molecule has 1 atom stereocenters. The van der Waals surface area contributed by atoms with Gasteiger partial charge in [0.25, 0.3) is 0 Å². The maximum absolute atomic E-state index is 13.1. The molecular weight excluding hydrogens is 284 g/mol. The predicted octanol–water partition coefficient (Wildman–Crippen LogP) is 4.68. The van der Waals surface area contributed by atoms with Crippen LogP contribution in [0, 0.1) is 12.7 Å². The minimum Gasteiger partial charge on any atom is -0.324 e. The van der Waals surface area contributed by atoms with Crippen LogP contribution >= 0.6 is 23.2 Å². The van der Waals surface area contributed by atoms with Gasteiger partial charge in [0, 0.05) is 6.04 Å². The molecule has 0 aliphatic carbocycles. The minimum atomic E-state index is -0.247. The van der Waals surface area contributed by atoms with E-state index in [1.54, 1.807) is 12.1 Å². The average molecular weight is 298 g/mol. The van der Waals surface area contributed by atoms with Gasteiger partial charge in [-0.05, 0) is 54.3 Å². The van der Waals surface area contributed by atoms with Crippen molar-refractivity contribution in [2.75, 3.05) is 0 Å². The molecule has 0 spiro atoms. The molecule has 0 radical (unpaired) electrons. The maximum Gasteiger partial charge on any atom is 0.123 e. The largest absolute Gasteiger partial charge is 0.324 e. The second kappa shape index (κ2) is 5.91. The fraction of sp³-hybridized carbons (Fsp3) is 0.200. The third kappa shape index (κ3) is 3.47. The Morgan fingerprint density at radius 2 is 1.84 bits per heavy atom. The summed E-state index contributed by atoms with van der Waals surface area (Å²) < 4.78 is 13.1. The van der Waals surface area contributed by atoms with E-state index in [0.717, 1.165) is 16.7 Å². The number of aryl methyl sites for hydroxylation is 1. The lowest BCUT2D eigenvalue weighted by atomic mass is 9.96. The number of halogens is 3. The van der Waals surface area contributed by atoms with Gasteiger partial charge in [0.05, 0.1) is 10.0 Å².